The molecular formula is C18H31IN6OS. The molecule has 0 aliphatic heterocycles. The number of rotatable bonds is 10. The van der Waals surface area contributed by atoms with E-state index in [1.165, 1.54) is 4.88 Å². The molecule has 0 aliphatic rings. The number of guanidine groups is 1. The molecule has 2 atom stereocenters. The van der Waals surface area contributed by atoms with Crippen LogP contribution in [0.3, 0.4) is 0 Å². The maximum atomic E-state index is 5.24. The Labute approximate surface area is 183 Å². The molecule has 0 aromatic carbocycles. The van der Waals surface area contributed by atoms with Crippen molar-refractivity contribution in [3.05, 3.63) is 34.5 Å². The van der Waals surface area contributed by atoms with E-state index in [4.69, 9.17) is 9.73 Å². The van der Waals surface area contributed by atoms with Crippen LogP contribution >= 0.6 is 35.3 Å². The minimum atomic E-state index is 0. The van der Waals surface area contributed by atoms with Crippen molar-refractivity contribution in [2.75, 3.05) is 20.3 Å². The molecule has 2 heterocycles. The Hall–Kier alpha value is -1.20. The maximum absolute atomic E-state index is 5.24. The highest BCUT2D eigenvalue weighted by Gasteiger charge is 2.14. The molecule has 0 aliphatic carbocycles. The van der Waals surface area contributed by atoms with Gasteiger partial charge in [0, 0.05) is 31.0 Å². The Bertz CT molecular complexity index is 661. The number of nitrogens with zero attached hydrogens (tertiary/aromatic N) is 4. The van der Waals surface area contributed by atoms with E-state index in [1.54, 1.807) is 24.8 Å². The molecule has 2 aromatic heterocycles. The Kier molecular flexibility index (Phi) is 11.5. The van der Waals surface area contributed by atoms with Crippen LogP contribution < -0.4 is 10.6 Å². The molecule has 152 valence electrons. The van der Waals surface area contributed by atoms with E-state index in [0.29, 0.717) is 13.2 Å². The molecule has 2 unspecified atom stereocenters. The number of methoxy groups -OCH3 is 1. The number of halogens is 1. The van der Waals surface area contributed by atoms with Gasteiger partial charge in [-0.05, 0) is 24.8 Å². The summed E-state index contributed by atoms with van der Waals surface area (Å²) in [6, 6.07) is 4.66. The summed E-state index contributed by atoms with van der Waals surface area (Å²) < 4.78 is 7.29. The fraction of sp³-hybridized carbons (Fsp3) is 0.611. The molecule has 0 radical (unpaired) electrons. The number of aliphatic imine (C=N–C) groups is 1. The fourth-order valence-corrected chi connectivity index (χ4v) is 3.56. The molecule has 2 aromatic rings. The lowest BCUT2D eigenvalue weighted by molar-refractivity contribution is 0.178. The largest absolute Gasteiger partial charge is 0.383 e. The van der Waals surface area contributed by atoms with E-state index in [2.05, 4.69) is 63.7 Å². The first-order valence-electron chi connectivity index (χ1n) is 9.14. The van der Waals surface area contributed by atoms with Crippen LogP contribution in [-0.2, 0) is 17.7 Å². The monoisotopic (exact) mass is 506 g/mol. The van der Waals surface area contributed by atoms with Gasteiger partial charge in [0.1, 0.15) is 12.2 Å². The third kappa shape index (κ3) is 7.74. The van der Waals surface area contributed by atoms with Gasteiger partial charge in [-0.3, -0.25) is 4.99 Å². The van der Waals surface area contributed by atoms with E-state index in [-0.39, 0.29) is 36.1 Å². The third-order valence-electron chi connectivity index (χ3n) is 4.03. The van der Waals surface area contributed by atoms with Crippen molar-refractivity contribution in [2.45, 2.75) is 52.2 Å². The molecule has 0 fully saturated rings. The first-order valence-corrected chi connectivity index (χ1v) is 10.0. The Balaban J connectivity index is 0.00000364. The van der Waals surface area contributed by atoms with Gasteiger partial charge in [-0.1, -0.05) is 19.9 Å². The van der Waals surface area contributed by atoms with Gasteiger partial charge in [-0.15, -0.1) is 45.5 Å². The standard InChI is InChI=1S/C18H30N6OS.HI/c1-5-15(16-8-7-11-26-16)22-18(21-14(3)12-25-4)19-9-10-24-13-20-23-17(24)6-2;/h7-8,11,13-15H,5-6,9-10,12H2,1-4H3,(H2,19,21,22);1H. The van der Waals surface area contributed by atoms with Crippen molar-refractivity contribution >= 4 is 41.3 Å². The lowest BCUT2D eigenvalue weighted by Gasteiger charge is -2.22. The Morgan fingerprint density at radius 3 is 2.81 bits per heavy atom. The predicted octanol–water partition coefficient (Wildman–Crippen LogP) is 3.24. The Morgan fingerprint density at radius 1 is 1.37 bits per heavy atom. The smallest absolute Gasteiger partial charge is 0.192 e. The zero-order valence-electron chi connectivity index (χ0n) is 16.5. The molecule has 9 heteroatoms. The second-order valence-electron chi connectivity index (χ2n) is 6.15. The second kappa shape index (κ2) is 13.1. The van der Waals surface area contributed by atoms with E-state index in [1.807, 2.05) is 0 Å². The van der Waals surface area contributed by atoms with E-state index < -0.39 is 0 Å². The summed E-state index contributed by atoms with van der Waals surface area (Å²) in [7, 11) is 1.71. The van der Waals surface area contributed by atoms with Crippen molar-refractivity contribution in [3.8, 4) is 0 Å². The quantitative estimate of drug-likeness (QED) is 0.294. The van der Waals surface area contributed by atoms with Gasteiger partial charge < -0.3 is 19.9 Å². The first kappa shape index (κ1) is 23.8. The lowest BCUT2D eigenvalue weighted by atomic mass is 10.2. The van der Waals surface area contributed by atoms with Crippen LogP contribution in [0, 0.1) is 0 Å². The molecule has 0 amide bonds. The zero-order chi connectivity index (χ0) is 18.8. The van der Waals surface area contributed by atoms with E-state index in [0.717, 1.165) is 31.2 Å². The SMILES string of the molecule is CCc1nncn1CCN=C(NC(C)COC)NC(CC)c1cccs1.I. The zero-order valence-corrected chi connectivity index (χ0v) is 19.7. The minimum absolute atomic E-state index is 0. The van der Waals surface area contributed by atoms with Gasteiger partial charge in [0.15, 0.2) is 5.96 Å². The highest BCUT2D eigenvalue weighted by atomic mass is 127. The molecule has 27 heavy (non-hydrogen) atoms. The summed E-state index contributed by atoms with van der Waals surface area (Å²) in [4.78, 5) is 6.07. The number of hydrogen-bond donors (Lipinski definition) is 2. The first-order chi connectivity index (χ1) is 12.7. The van der Waals surface area contributed by atoms with Gasteiger partial charge in [0.25, 0.3) is 0 Å². The molecular weight excluding hydrogens is 475 g/mol. The van der Waals surface area contributed by atoms with Gasteiger partial charge in [0.2, 0.25) is 0 Å². The average Bonchev–Trinajstić information content (AvgIpc) is 3.31. The number of thiophene rings is 1. The van der Waals surface area contributed by atoms with E-state index in [9.17, 15) is 0 Å². The Morgan fingerprint density at radius 2 is 2.19 bits per heavy atom. The van der Waals surface area contributed by atoms with Crippen molar-refractivity contribution in [1.29, 1.82) is 0 Å². The van der Waals surface area contributed by atoms with Gasteiger partial charge in [0.05, 0.1) is 19.2 Å². The van der Waals surface area contributed by atoms with Gasteiger partial charge >= 0.3 is 0 Å². The molecule has 0 saturated heterocycles. The van der Waals surface area contributed by atoms with Crippen LogP contribution in [0.5, 0.6) is 0 Å². The number of hydrogen-bond acceptors (Lipinski definition) is 5. The minimum Gasteiger partial charge on any atom is -0.383 e. The van der Waals surface area contributed by atoms with Crippen molar-refractivity contribution in [3.63, 3.8) is 0 Å². The van der Waals surface area contributed by atoms with Crippen molar-refractivity contribution in [2.24, 2.45) is 4.99 Å². The predicted molar refractivity (Wildman–Crippen MR) is 122 cm³/mol. The highest BCUT2D eigenvalue weighted by molar-refractivity contribution is 14.0. The van der Waals surface area contributed by atoms with Crippen molar-refractivity contribution in [1.82, 2.24) is 25.4 Å². The van der Waals surface area contributed by atoms with Gasteiger partial charge in [-0.2, -0.15) is 0 Å². The van der Waals surface area contributed by atoms with Gasteiger partial charge in [-0.25, -0.2) is 0 Å². The van der Waals surface area contributed by atoms with Crippen LogP contribution in [0.1, 0.15) is 43.9 Å². The van der Waals surface area contributed by atoms with Crippen LogP contribution in [0.2, 0.25) is 0 Å². The molecule has 0 bridgehead atoms. The number of nitrogens with one attached hydrogen (secondary N) is 2. The normalized spacial score (nSPS) is 13.7. The summed E-state index contributed by atoms with van der Waals surface area (Å²) in [5.41, 5.74) is 0. The average molecular weight is 506 g/mol. The molecule has 2 N–H and O–H groups in total. The summed E-state index contributed by atoms with van der Waals surface area (Å²) >= 11 is 1.76. The molecule has 7 nitrogen and oxygen atoms in total. The second-order valence-corrected chi connectivity index (χ2v) is 7.13. The number of aromatic nitrogens is 3. The summed E-state index contributed by atoms with van der Waals surface area (Å²) in [6.45, 7) is 8.39. The summed E-state index contributed by atoms with van der Waals surface area (Å²) in [6.07, 6.45) is 3.63. The summed E-state index contributed by atoms with van der Waals surface area (Å²) in [5.74, 6) is 1.79. The number of ether oxygens (including phenoxy) is 1. The molecule has 0 saturated carbocycles. The van der Waals surface area contributed by atoms with Crippen LogP contribution in [0.25, 0.3) is 0 Å². The van der Waals surface area contributed by atoms with Crippen LogP contribution in [0.4, 0.5) is 0 Å². The van der Waals surface area contributed by atoms with Crippen molar-refractivity contribution < 1.29 is 4.74 Å². The summed E-state index contributed by atoms with van der Waals surface area (Å²) in [5, 5.41) is 17.2. The third-order valence-corrected chi connectivity index (χ3v) is 5.01. The lowest BCUT2D eigenvalue weighted by Crippen LogP contribution is -2.45. The van der Waals surface area contributed by atoms with Crippen LogP contribution in [0.15, 0.2) is 28.8 Å². The fourth-order valence-electron chi connectivity index (χ4n) is 2.70. The topological polar surface area (TPSA) is 76.4 Å². The molecule has 0 spiro atoms. The maximum Gasteiger partial charge on any atom is 0.192 e. The van der Waals surface area contributed by atoms with Crippen LogP contribution in [-0.4, -0.2) is 47.0 Å². The number of aryl methyl sites for hydroxylation is 1. The molecule has 2 rings (SSSR count). The van der Waals surface area contributed by atoms with E-state index >= 15 is 0 Å². The highest BCUT2D eigenvalue weighted by Crippen LogP contribution is 2.21.